The average molecular weight is 336 g/mol. The molecule has 2 rings (SSSR count). The Morgan fingerprint density at radius 1 is 0.958 bits per heavy atom. The van der Waals surface area contributed by atoms with Crippen molar-refractivity contribution in [1.29, 1.82) is 0 Å². The Balaban J connectivity index is 2.02. The van der Waals surface area contributed by atoms with E-state index < -0.39 is 11.7 Å². The number of nitrogens with zero attached hydrogens (tertiary/aromatic N) is 2. The lowest BCUT2D eigenvalue weighted by Gasteiger charge is -2.05. The van der Waals surface area contributed by atoms with Crippen molar-refractivity contribution in [2.45, 2.75) is 25.9 Å². The summed E-state index contributed by atoms with van der Waals surface area (Å²) in [6.45, 7) is 2.02. The summed E-state index contributed by atoms with van der Waals surface area (Å²) >= 11 is 0. The first-order valence-electron chi connectivity index (χ1n) is 7.42. The number of hydrogen-bond donors (Lipinski definition) is 0. The van der Waals surface area contributed by atoms with Crippen LogP contribution in [-0.2, 0) is 12.6 Å². The summed E-state index contributed by atoms with van der Waals surface area (Å²) in [4.78, 5) is 0. The van der Waals surface area contributed by atoms with Crippen LogP contribution < -0.4 is 0 Å². The van der Waals surface area contributed by atoms with Gasteiger partial charge in [-0.3, -0.25) is 0 Å². The molecule has 0 fully saturated rings. The minimum Gasteiger partial charge on any atom is -0.206 e. The van der Waals surface area contributed by atoms with Crippen LogP contribution in [-0.4, -0.2) is 12.4 Å². The van der Waals surface area contributed by atoms with E-state index in [9.17, 15) is 17.6 Å². The maximum atomic E-state index is 13.8. The van der Waals surface area contributed by atoms with Gasteiger partial charge in [-0.2, -0.15) is 23.4 Å². The summed E-state index contributed by atoms with van der Waals surface area (Å²) in [6.07, 6.45) is -0.0499. The molecule has 0 atom stereocenters. The molecule has 0 saturated heterocycles. The van der Waals surface area contributed by atoms with Gasteiger partial charge in [0.1, 0.15) is 5.82 Å². The third-order valence-electron chi connectivity index (χ3n) is 3.31. The molecule has 0 unspecified atom stereocenters. The van der Waals surface area contributed by atoms with Crippen molar-refractivity contribution < 1.29 is 17.6 Å². The van der Waals surface area contributed by atoms with Gasteiger partial charge in [0.25, 0.3) is 0 Å². The first-order chi connectivity index (χ1) is 11.4. The van der Waals surface area contributed by atoms with Gasteiger partial charge in [-0.1, -0.05) is 37.6 Å². The predicted octanol–water partition coefficient (Wildman–Crippen LogP) is 5.25. The Morgan fingerprint density at radius 2 is 1.62 bits per heavy atom. The van der Waals surface area contributed by atoms with E-state index in [2.05, 4.69) is 10.2 Å². The van der Waals surface area contributed by atoms with E-state index in [1.807, 2.05) is 13.0 Å². The molecule has 6 heteroatoms. The van der Waals surface area contributed by atoms with Gasteiger partial charge in [0.05, 0.1) is 18.0 Å². The summed E-state index contributed by atoms with van der Waals surface area (Å²) in [7, 11) is 0. The number of rotatable bonds is 5. The summed E-state index contributed by atoms with van der Waals surface area (Å²) < 4.78 is 51.1. The van der Waals surface area contributed by atoms with Crippen molar-refractivity contribution in [3.8, 4) is 0 Å². The van der Waals surface area contributed by atoms with E-state index in [0.717, 1.165) is 30.5 Å². The average Bonchev–Trinajstić information content (AvgIpc) is 2.53. The molecule has 2 aromatic carbocycles. The van der Waals surface area contributed by atoms with Crippen LogP contribution in [0.2, 0.25) is 0 Å². The van der Waals surface area contributed by atoms with Gasteiger partial charge in [0.15, 0.2) is 0 Å². The molecule has 24 heavy (non-hydrogen) atoms. The van der Waals surface area contributed by atoms with E-state index in [0.29, 0.717) is 11.1 Å². The Hall–Kier alpha value is -2.50. The standard InChI is InChI=1S/C18H16F4N2/c1-2-3-13-4-7-15(17(19)10-13)12-24-23-11-14-5-8-16(9-6-14)18(20,21)22/h4-12H,2-3H2,1H3/b23-11+,24-12+. The summed E-state index contributed by atoms with van der Waals surface area (Å²) in [5.74, 6) is -0.380. The van der Waals surface area contributed by atoms with Crippen molar-refractivity contribution in [2.24, 2.45) is 10.2 Å². The van der Waals surface area contributed by atoms with E-state index in [-0.39, 0.29) is 5.82 Å². The Labute approximate surface area is 137 Å². The molecule has 0 N–H and O–H groups in total. The number of aryl methyl sites for hydroxylation is 1. The lowest BCUT2D eigenvalue weighted by Crippen LogP contribution is -2.04. The molecule has 2 aromatic rings. The van der Waals surface area contributed by atoms with Crippen LogP contribution in [0.3, 0.4) is 0 Å². The van der Waals surface area contributed by atoms with E-state index in [1.165, 1.54) is 30.6 Å². The van der Waals surface area contributed by atoms with Crippen molar-refractivity contribution in [1.82, 2.24) is 0 Å². The Morgan fingerprint density at radius 3 is 2.21 bits per heavy atom. The summed E-state index contributed by atoms with van der Waals surface area (Å²) in [5.41, 5.74) is 0.969. The zero-order valence-corrected chi connectivity index (χ0v) is 13.0. The Bertz CT molecular complexity index is 732. The molecule has 0 spiro atoms. The van der Waals surface area contributed by atoms with Crippen molar-refractivity contribution in [2.75, 3.05) is 0 Å². The van der Waals surface area contributed by atoms with Crippen molar-refractivity contribution >= 4 is 12.4 Å². The molecule has 126 valence electrons. The fourth-order valence-electron chi connectivity index (χ4n) is 2.07. The van der Waals surface area contributed by atoms with Gasteiger partial charge in [-0.15, -0.1) is 0 Å². The highest BCUT2D eigenvalue weighted by molar-refractivity contribution is 5.82. The van der Waals surface area contributed by atoms with Crippen LogP contribution in [0.15, 0.2) is 52.7 Å². The molecule has 0 aromatic heterocycles. The smallest absolute Gasteiger partial charge is 0.206 e. The minimum atomic E-state index is -4.37. The van der Waals surface area contributed by atoms with Crippen LogP contribution in [0.4, 0.5) is 17.6 Å². The van der Waals surface area contributed by atoms with E-state index in [1.54, 1.807) is 6.07 Å². The fourth-order valence-corrected chi connectivity index (χ4v) is 2.07. The largest absolute Gasteiger partial charge is 0.416 e. The summed E-state index contributed by atoms with van der Waals surface area (Å²) in [5, 5.41) is 7.45. The molecular formula is C18H16F4N2. The van der Waals surface area contributed by atoms with Gasteiger partial charge < -0.3 is 0 Å². The number of hydrogen-bond acceptors (Lipinski definition) is 2. The third kappa shape index (κ3) is 5.01. The SMILES string of the molecule is CCCc1ccc(/C=N/N=C/c2ccc(C(F)(F)F)cc2)c(F)c1. The molecule has 2 nitrogen and oxygen atoms in total. The highest BCUT2D eigenvalue weighted by Crippen LogP contribution is 2.28. The van der Waals surface area contributed by atoms with Gasteiger partial charge in [0.2, 0.25) is 0 Å². The molecular weight excluding hydrogens is 320 g/mol. The van der Waals surface area contributed by atoms with E-state index in [4.69, 9.17) is 0 Å². The number of halogens is 4. The lowest BCUT2D eigenvalue weighted by molar-refractivity contribution is -0.137. The highest BCUT2D eigenvalue weighted by Gasteiger charge is 2.29. The van der Waals surface area contributed by atoms with Gasteiger partial charge in [-0.25, -0.2) is 4.39 Å². The monoisotopic (exact) mass is 336 g/mol. The second kappa shape index (κ2) is 7.86. The van der Waals surface area contributed by atoms with Gasteiger partial charge >= 0.3 is 6.18 Å². The zero-order valence-electron chi connectivity index (χ0n) is 13.0. The fraction of sp³-hybridized carbons (Fsp3) is 0.222. The Kier molecular flexibility index (Phi) is 5.84. The molecule has 0 saturated carbocycles. The molecule has 0 aliphatic rings. The highest BCUT2D eigenvalue weighted by atomic mass is 19.4. The maximum absolute atomic E-state index is 13.8. The molecule has 0 aliphatic heterocycles. The number of benzene rings is 2. The van der Waals surface area contributed by atoms with Crippen LogP contribution >= 0.6 is 0 Å². The zero-order chi connectivity index (χ0) is 17.6. The van der Waals surface area contributed by atoms with Crippen LogP contribution in [0.5, 0.6) is 0 Å². The number of alkyl halides is 3. The minimum absolute atomic E-state index is 0.305. The molecule has 0 heterocycles. The maximum Gasteiger partial charge on any atom is 0.416 e. The molecule has 0 bridgehead atoms. The molecule has 0 amide bonds. The second-order valence-corrected chi connectivity index (χ2v) is 5.21. The first kappa shape index (κ1) is 17.8. The van der Waals surface area contributed by atoms with Crippen molar-refractivity contribution in [3.05, 3.63) is 70.5 Å². The molecule has 0 aliphatic carbocycles. The van der Waals surface area contributed by atoms with Gasteiger partial charge in [-0.05, 0) is 35.7 Å². The first-order valence-corrected chi connectivity index (χ1v) is 7.42. The van der Waals surface area contributed by atoms with Crippen molar-refractivity contribution in [3.63, 3.8) is 0 Å². The quantitative estimate of drug-likeness (QED) is 0.405. The normalized spacial score (nSPS) is 12.4. The van der Waals surface area contributed by atoms with E-state index >= 15 is 0 Å². The summed E-state index contributed by atoms with van der Waals surface area (Å²) in [6, 6.07) is 9.44. The van der Waals surface area contributed by atoms with Crippen LogP contribution in [0.25, 0.3) is 0 Å². The van der Waals surface area contributed by atoms with Crippen LogP contribution in [0.1, 0.15) is 35.6 Å². The lowest BCUT2D eigenvalue weighted by atomic mass is 10.1. The second-order valence-electron chi connectivity index (χ2n) is 5.21. The predicted molar refractivity (Wildman–Crippen MR) is 87.0 cm³/mol. The topological polar surface area (TPSA) is 24.7 Å². The third-order valence-corrected chi connectivity index (χ3v) is 3.31. The van der Waals surface area contributed by atoms with Crippen LogP contribution in [0, 0.1) is 5.82 Å². The van der Waals surface area contributed by atoms with Gasteiger partial charge in [0, 0.05) is 5.56 Å². The molecule has 0 radical (unpaired) electrons.